The maximum atomic E-state index is 12.7. The van der Waals surface area contributed by atoms with Crippen LogP contribution in [-0.2, 0) is 32.7 Å². The molecule has 0 heterocycles. The molecule has 0 saturated carbocycles. The van der Waals surface area contributed by atoms with E-state index in [4.69, 9.17) is 23.6 Å². The second-order valence-corrected chi connectivity index (χ2v) is 17.5. The molecule has 0 spiro atoms. The van der Waals surface area contributed by atoms with Crippen LogP contribution in [0.4, 0.5) is 0 Å². The van der Waals surface area contributed by atoms with Crippen LogP contribution < -0.4 is 4.89 Å². The highest BCUT2D eigenvalue weighted by Crippen LogP contribution is 2.38. The minimum Gasteiger partial charge on any atom is -0.756 e. The first-order valence-electron chi connectivity index (χ1n) is 23.1. The number of quaternary nitrogens is 1. The molecule has 0 bridgehead atoms. The Balaban J connectivity index is 4.51. The summed E-state index contributed by atoms with van der Waals surface area (Å²) in [4.78, 5) is 37.6. The number of carbonyl (C=O) groups excluding carboxylic acids is 2. The molecule has 0 aromatic rings. The Kier molecular flexibility index (Phi) is 40.1. The predicted octanol–water partition coefficient (Wildman–Crippen LogP) is 11.7. The van der Waals surface area contributed by atoms with Gasteiger partial charge in [0.15, 0.2) is 6.10 Å². The summed E-state index contributed by atoms with van der Waals surface area (Å²) >= 11 is 0. The van der Waals surface area contributed by atoms with Crippen molar-refractivity contribution in [3.05, 3.63) is 97.2 Å². The third-order valence-corrected chi connectivity index (χ3v) is 10.1. The van der Waals surface area contributed by atoms with Crippen LogP contribution in [0.3, 0.4) is 0 Å². The van der Waals surface area contributed by atoms with Crippen molar-refractivity contribution in [3.8, 4) is 0 Å². The second kappa shape index (κ2) is 42.2. The molecule has 0 rings (SSSR count). The van der Waals surface area contributed by atoms with E-state index in [-0.39, 0.29) is 32.7 Å². The van der Waals surface area contributed by atoms with Crippen LogP contribution in [0.25, 0.3) is 0 Å². The highest BCUT2D eigenvalue weighted by molar-refractivity contribution is 7.45. The largest absolute Gasteiger partial charge is 0.756 e. The van der Waals surface area contributed by atoms with Crippen molar-refractivity contribution in [2.45, 2.75) is 154 Å². The van der Waals surface area contributed by atoms with Crippen LogP contribution in [0.5, 0.6) is 0 Å². The fourth-order valence-corrected chi connectivity index (χ4v) is 6.22. The molecule has 0 aromatic heterocycles. The number of carbonyl (C=O) groups is 2. The zero-order valence-electron chi connectivity index (χ0n) is 38.5. The molecule has 0 fully saturated rings. The first kappa shape index (κ1) is 57.9. The van der Waals surface area contributed by atoms with Crippen LogP contribution in [0.15, 0.2) is 97.2 Å². The molecule has 0 amide bonds. The van der Waals surface area contributed by atoms with Gasteiger partial charge in [0.2, 0.25) is 0 Å². The van der Waals surface area contributed by atoms with Gasteiger partial charge in [-0.2, -0.15) is 0 Å². The molecule has 1 unspecified atom stereocenters. The van der Waals surface area contributed by atoms with E-state index in [1.165, 1.54) is 25.7 Å². The van der Waals surface area contributed by atoms with Crippen molar-refractivity contribution in [1.29, 1.82) is 0 Å². The number of aliphatic hydroxyl groups is 1. The summed E-state index contributed by atoms with van der Waals surface area (Å²) in [6.07, 6.45) is 53.1. The molecule has 2 atom stereocenters. The normalized spacial score (nSPS) is 14.4. The summed E-state index contributed by atoms with van der Waals surface area (Å²) in [5, 5.41) is 8.80. The lowest BCUT2D eigenvalue weighted by Gasteiger charge is -2.28. The van der Waals surface area contributed by atoms with E-state index in [2.05, 4.69) is 98.1 Å². The van der Waals surface area contributed by atoms with Gasteiger partial charge in [0.1, 0.15) is 19.8 Å². The average Bonchev–Trinajstić information content (AvgIpc) is 3.21. The molecule has 0 aliphatic carbocycles. The Hall–Kier alpha value is -3.11. The van der Waals surface area contributed by atoms with Gasteiger partial charge < -0.3 is 33.0 Å². The third-order valence-electron chi connectivity index (χ3n) is 9.13. The van der Waals surface area contributed by atoms with E-state index in [0.717, 1.165) is 83.5 Å². The lowest BCUT2D eigenvalue weighted by molar-refractivity contribution is -0.870. The summed E-state index contributed by atoms with van der Waals surface area (Å²) in [6.45, 7) is 2.07. The van der Waals surface area contributed by atoms with Crippen LogP contribution in [0, 0.1) is 0 Å². The van der Waals surface area contributed by atoms with E-state index in [9.17, 15) is 19.0 Å². The number of phosphoric acid groups is 1. The molecule has 0 aliphatic rings. The van der Waals surface area contributed by atoms with Crippen LogP contribution in [0.1, 0.15) is 148 Å². The van der Waals surface area contributed by atoms with Crippen molar-refractivity contribution in [2.24, 2.45) is 0 Å². The topological polar surface area (TPSA) is 131 Å². The molecule has 61 heavy (non-hydrogen) atoms. The Morgan fingerprint density at radius 1 is 0.557 bits per heavy atom. The van der Waals surface area contributed by atoms with Gasteiger partial charge in [-0.15, -0.1) is 0 Å². The van der Waals surface area contributed by atoms with Gasteiger partial charge in [0, 0.05) is 19.4 Å². The monoisotopic (exact) mass is 874 g/mol. The quantitative estimate of drug-likeness (QED) is 0.0210. The Bertz CT molecular complexity index is 1360. The van der Waals surface area contributed by atoms with Crippen molar-refractivity contribution < 1.29 is 47.2 Å². The number of unbranched alkanes of at least 4 members (excludes halogenated alkanes) is 10. The highest BCUT2D eigenvalue weighted by atomic mass is 31.2. The number of hydrogen-bond donors (Lipinski definition) is 1. The standard InChI is InChI=1S/C50H84NO9P/c1-5-6-7-8-9-10-11-12-13-14-15-17-21-24-27-30-33-36-39-42-50(54)60-48(47-59-61(55,56)58-45-43-51(2,3)4)46-57-49(53)41-38-35-32-29-26-23-20-18-16-19-22-25-28-31-34-37-40-44-52/h9-10,12-13,15-17,19-20,23-25,27-29,32,48,52H,5-8,11,14,18,21-22,26,30-31,33-47H2,1-4H3/b10-9-,13-12-,17-15-,19-16-,23-20-,27-24-,28-25-,32-29-/t48-/m1/s1. The molecular formula is C50H84NO9P. The highest BCUT2D eigenvalue weighted by Gasteiger charge is 2.21. The van der Waals surface area contributed by atoms with Gasteiger partial charge in [-0.3, -0.25) is 14.2 Å². The second-order valence-electron chi connectivity index (χ2n) is 16.1. The summed E-state index contributed by atoms with van der Waals surface area (Å²) in [5.74, 6) is -0.961. The van der Waals surface area contributed by atoms with Gasteiger partial charge in [-0.25, -0.2) is 0 Å². The number of nitrogens with zero attached hydrogens (tertiary/aromatic N) is 1. The Morgan fingerprint density at radius 3 is 1.44 bits per heavy atom. The maximum Gasteiger partial charge on any atom is 0.306 e. The predicted molar refractivity (Wildman–Crippen MR) is 251 cm³/mol. The van der Waals surface area contributed by atoms with Crippen molar-refractivity contribution in [3.63, 3.8) is 0 Å². The van der Waals surface area contributed by atoms with Gasteiger partial charge in [-0.05, 0) is 103 Å². The number of ether oxygens (including phenoxy) is 2. The fourth-order valence-electron chi connectivity index (χ4n) is 5.49. The first-order chi connectivity index (χ1) is 29.5. The zero-order chi connectivity index (χ0) is 45.0. The summed E-state index contributed by atoms with van der Waals surface area (Å²) in [6, 6.07) is 0. The number of likely N-dealkylation sites (N-methyl/N-ethyl adjacent to an activating group) is 1. The minimum absolute atomic E-state index is 0.0561. The SMILES string of the molecule is CCCCC/C=C\C/C=C\C/C=C\C/C=C\CCCCCC(=O)O[C@H](COC(=O)CCC/C=C\C/C=C\C/C=C\C/C=C\CCCCCO)COP(=O)([O-])OCC[N+](C)(C)C. The zero-order valence-corrected chi connectivity index (χ0v) is 39.4. The van der Waals surface area contributed by atoms with Crippen molar-refractivity contribution in [2.75, 3.05) is 54.1 Å². The Morgan fingerprint density at radius 2 is 0.984 bits per heavy atom. The van der Waals surface area contributed by atoms with E-state index in [0.29, 0.717) is 30.3 Å². The molecule has 0 aliphatic heterocycles. The Labute approximate surface area is 371 Å². The lowest BCUT2D eigenvalue weighted by Crippen LogP contribution is -2.37. The molecule has 10 nitrogen and oxygen atoms in total. The van der Waals surface area contributed by atoms with Gasteiger partial charge in [0.25, 0.3) is 7.82 Å². The number of esters is 2. The van der Waals surface area contributed by atoms with Crippen LogP contribution in [-0.4, -0.2) is 81.7 Å². The van der Waals surface area contributed by atoms with E-state index < -0.39 is 32.5 Å². The number of hydrogen-bond acceptors (Lipinski definition) is 9. The number of phosphoric ester groups is 1. The number of aliphatic hydroxyl groups excluding tert-OH is 1. The molecule has 348 valence electrons. The molecule has 11 heteroatoms. The molecule has 0 radical (unpaired) electrons. The third kappa shape index (κ3) is 46.2. The molecule has 0 aromatic carbocycles. The van der Waals surface area contributed by atoms with E-state index in [1.807, 2.05) is 27.2 Å². The van der Waals surface area contributed by atoms with E-state index in [1.54, 1.807) is 0 Å². The molecule has 1 N–H and O–H groups in total. The van der Waals surface area contributed by atoms with Gasteiger partial charge in [-0.1, -0.05) is 130 Å². The molecule has 0 saturated heterocycles. The van der Waals surface area contributed by atoms with Crippen molar-refractivity contribution in [1.82, 2.24) is 0 Å². The summed E-state index contributed by atoms with van der Waals surface area (Å²) < 4.78 is 33.8. The van der Waals surface area contributed by atoms with Crippen LogP contribution >= 0.6 is 7.82 Å². The molecular weight excluding hydrogens is 790 g/mol. The number of rotatable bonds is 41. The van der Waals surface area contributed by atoms with Gasteiger partial charge >= 0.3 is 11.9 Å². The van der Waals surface area contributed by atoms with Gasteiger partial charge in [0.05, 0.1) is 27.7 Å². The smallest absolute Gasteiger partial charge is 0.306 e. The summed E-state index contributed by atoms with van der Waals surface area (Å²) in [7, 11) is 1.08. The number of allylic oxidation sites excluding steroid dienone is 16. The van der Waals surface area contributed by atoms with Crippen LogP contribution in [0.2, 0.25) is 0 Å². The fraction of sp³-hybridized carbons (Fsp3) is 0.640. The average molecular weight is 874 g/mol. The van der Waals surface area contributed by atoms with Crippen molar-refractivity contribution >= 4 is 19.8 Å². The lowest BCUT2D eigenvalue weighted by atomic mass is 10.1. The maximum absolute atomic E-state index is 12.7. The van der Waals surface area contributed by atoms with E-state index >= 15 is 0 Å². The summed E-state index contributed by atoms with van der Waals surface area (Å²) in [5.41, 5.74) is 0. The first-order valence-corrected chi connectivity index (χ1v) is 24.5. The minimum atomic E-state index is -4.66.